The molecule has 1 unspecified atom stereocenters. The van der Waals surface area contributed by atoms with Crippen molar-refractivity contribution in [2.24, 2.45) is 11.8 Å². The minimum Gasteiger partial charge on any atom is -0.481 e. The molecule has 1 amide bonds. The fraction of sp³-hybridized carbons (Fsp3) is 0.467. The Morgan fingerprint density at radius 2 is 1.91 bits per heavy atom. The number of carboxylic acid groups (broad SMARTS) is 1. The van der Waals surface area contributed by atoms with Crippen LogP contribution in [0.4, 0.5) is 8.78 Å². The highest BCUT2D eigenvalue weighted by Crippen LogP contribution is 2.24. The molecule has 1 aromatic rings. The predicted molar refractivity (Wildman–Crippen MR) is 78.4 cm³/mol. The maximum Gasteiger partial charge on any atom is 0.308 e. The zero-order valence-electron chi connectivity index (χ0n) is 12.2. The third-order valence-corrected chi connectivity index (χ3v) is 4.20. The van der Waals surface area contributed by atoms with Crippen LogP contribution in [0.1, 0.15) is 23.2 Å². The lowest BCUT2D eigenvalue weighted by Crippen LogP contribution is -2.39. The van der Waals surface area contributed by atoms with Crippen LogP contribution in [0.5, 0.6) is 0 Å². The fourth-order valence-corrected chi connectivity index (χ4v) is 2.80. The van der Waals surface area contributed by atoms with Crippen LogP contribution in [-0.2, 0) is 9.53 Å². The normalized spacial score (nSPS) is 16.8. The van der Waals surface area contributed by atoms with Crippen LogP contribution in [0, 0.1) is 23.5 Å². The number of carbonyl (C=O) groups excluding carboxylic acids is 1. The average Bonchev–Trinajstić information content (AvgIpc) is 2.51. The molecule has 1 aliphatic heterocycles. The van der Waals surface area contributed by atoms with Gasteiger partial charge in [0.05, 0.1) is 16.5 Å². The molecule has 8 heteroatoms. The van der Waals surface area contributed by atoms with Crippen LogP contribution >= 0.6 is 11.6 Å². The highest BCUT2D eigenvalue weighted by Gasteiger charge is 2.30. The van der Waals surface area contributed by atoms with E-state index in [-0.39, 0.29) is 23.0 Å². The number of benzene rings is 1. The summed E-state index contributed by atoms with van der Waals surface area (Å²) in [5, 5.41) is 11.5. The van der Waals surface area contributed by atoms with E-state index in [4.69, 9.17) is 16.3 Å². The summed E-state index contributed by atoms with van der Waals surface area (Å²) in [5.74, 6) is -4.99. The summed E-state index contributed by atoms with van der Waals surface area (Å²) in [7, 11) is 0. The Labute approximate surface area is 136 Å². The molecule has 1 aliphatic rings. The van der Waals surface area contributed by atoms with E-state index < -0.39 is 29.4 Å². The number of hydrogen-bond acceptors (Lipinski definition) is 3. The van der Waals surface area contributed by atoms with Crippen LogP contribution in [0.15, 0.2) is 12.1 Å². The number of ether oxygens (including phenoxy) is 1. The smallest absolute Gasteiger partial charge is 0.308 e. The first-order chi connectivity index (χ1) is 10.9. The highest BCUT2D eigenvalue weighted by atomic mass is 35.5. The molecular weight excluding hydrogens is 332 g/mol. The first kappa shape index (κ1) is 17.6. The number of carbonyl (C=O) groups is 2. The van der Waals surface area contributed by atoms with E-state index in [1.807, 2.05) is 0 Å². The van der Waals surface area contributed by atoms with Gasteiger partial charge < -0.3 is 15.2 Å². The van der Waals surface area contributed by atoms with Gasteiger partial charge in [0.15, 0.2) is 11.6 Å². The number of amides is 1. The molecule has 0 aliphatic carbocycles. The molecule has 1 saturated heterocycles. The van der Waals surface area contributed by atoms with Gasteiger partial charge in [-0.15, -0.1) is 0 Å². The molecule has 0 spiro atoms. The zero-order valence-corrected chi connectivity index (χ0v) is 12.9. The van der Waals surface area contributed by atoms with Crippen LogP contribution in [-0.4, -0.2) is 36.7 Å². The number of rotatable bonds is 5. The van der Waals surface area contributed by atoms with E-state index in [0.29, 0.717) is 38.2 Å². The van der Waals surface area contributed by atoms with E-state index in [9.17, 15) is 23.5 Å². The Morgan fingerprint density at radius 1 is 1.30 bits per heavy atom. The van der Waals surface area contributed by atoms with Gasteiger partial charge in [-0.2, -0.15) is 0 Å². The Kier molecular flexibility index (Phi) is 5.90. The van der Waals surface area contributed by atoms with Crippen LogP contribution in [0.25, 0.3) is 0 Å². The molecule has 5 nitrogen and oxygen atoms in total. The number of hydrogen-bond donors (Lipinski definition) is 2. The van der Waals surface area contributed by atoms with E-state index in [2.05, 4.69) is 5.32 Å². The third kappa shape index (κ3) is 4.39. The summed E-state index contributed by atoms with van der Waals surface area (Å²) < 4.78 is 31.4. The second-order valence-corrected chi connectivity index (χ2v) is 5.76. The molecule has 0 radical (unpaired) electrons. The minimum absolute atomic E-state index is 0.109. The van der Waals surface area contributed by atoms with E-state index >= 15 is 0 Å². The van der Waals surface area contributed by atoms with Crippen molar-refractivity contribution in [1.29, 1.82) is 0 Å². The number of aliphatic carboxylic acids is 1. The Hall–Kier alpha value is -1.73. The van der Waals surface area contributed by atoms with Crippen molar-refractivity contribution in [3.05, 3.63) is 34.4 Å². The van der Waals surface area contributed by atoms with Crippen molar-refractivity contribution in [2.45, 2.75) is 12.8 Å². The molecule has 0 saturated carbocycles. The number of nitrogens with one attached hydrogen (secondary N) is 1. The summed E-state index contributed by atoms with van der Waals surface area (Å²) in [4.78, 5) is 23.4. The van der Waals surface area contributed by atoms with Gasteiger partial charge in [0.25, 0.3) is 5.91 Å². The Bertz CT molecular complexity index is 605. The molecular formula is C15H16ClF2NO4. The van der Waals surface area contributed by atoms with Gasteiger partial charge >= 0.3 is 5.97 Å². The molecule has 1 heterocycles. The van der Waals surface area contributed by atoms with Crippen molar-refractivity contribution in [2.75, 3.05) is 19.8 Å². The SMILES string of the molecule is O=C(NCC(C(=O)O)C1CCOCC1)c1cc(F)c(F)cc1Cl. The van der Waals surface area contributed by atoms with Crippen molar-refractivity contribution in [3.63, 3.8) is 0 Å². The van der Waals surface area contributed by atoms with Gasteiger partial charge in [0, 0.05) is 19.8 Å². The number of halogens is 3. The minimum atomic E-state index is -1.20. The molecule has 0 bridgehead atoms. The first-order valence-corrected chi connectivity index (χ1v) is 7.51. The second-order valence-electron chi connectivity index (χ2n) is 5.35. The fourth-order valence-electron chi connectivity index (χ4n) is 2.57. The maximum absolute atomic E-state index is 13.2. The maximum atomic E-state index is 13.2. The van der Waals surface area contributed by atoms with Gasteiger partial charge in [0.1, 0.15) is 0 Å². The Balaban J connectivity index is 2.04. The topological polar surface area (TPSA) is 75.6 Å². The standard InChI is InChI=1S/C15H16ClF2NO4/c16-11-6-13(18)12(17)5-9(11)14(20)19-7-10(15(21)22)8-1-3-23-4-2-8/h5-6,8,10H,1-4,7H2,(H,19,20)(H,21,22). The zero-order chi connectivity index (χ0) is 17.0. The molecule has 1 aromatic carbocycles. The van der Waals surface area contributed by atoms with E-state index in [0.717, 1.165) is 0 Å². The highest BCUT2D eigenvalue weighted by molar-refractivity contribution is 6.33. The van der Waals surface area contributed by atoms with Gasteiger partial charge in [-0.1, -0.05) is 11.6 Å². The van der Waals surface area contributed by atoms with Gasteiger partial charge in [-0.3, -0.25) is 9.59 Å². The number of carboxylic acids is 1. The summed E-state index contributed by atoms with van der Waals surface area (Å²) in [6.45, 7) is 0.850. The van der Waals surface area contributed by atoms with Gasteiger partial charge in [-0.25, -0.2) is 8.78 Å². The summed E-state index contributed by atoms with van der Waals surface area (Å²) in [6, 6.07) is 1.40. The molecule has 23 heavy (non-hydrogen) atoms. The van der Waals surface area contributed by atoms with Gasteiger partial charge in [0.2, 0.25) is 0 Å². The predicted octanol–water partition coefficient (Wildman–Crippen LogP) is 2.48. The molecule has 1 fully saturated rings. The van der Waals surface area contributed by atoms with Crippen LogP contribution in [0.2, 0.25) is 5.02 Å². The second kappa shape index (κ2) is 7.70. The average molecular weight is 348 g/mol. The molecule has 0 aromatic heterocycles. The summed E-state index contributed by atoms with van der Waals surface area (Å²) in [6.07, 6.45) is 1.19. The lowest BCUT2D eigenvalue weighted by molar-refractivity contribution is -0.144. The van der Waals surface area contributed by atoms with Crippen molar-refractivity contribution < 1.29 is 28.2 Å². The molecule has 126 valence electrons. The lowest BCUT2D eigenvalue weighted by Gasteiger charge is -2.27. The lowest BCUT2D eigenvalue weighted by atomic mass is 9.86. The van der Waals surface area contributed by atoms with Crippen LogP contribution < -0.4 is 5.32 Å². The molecule has 1 atom stereocenters. The van der Waals surface area contributed by atoms with E-state index in [1.54, 1.807) is 0 Å². The van der Waals surface area contributed by atoms with Crippen molar-refractivity contribution in [3.8, 4) is 0 Å². The quantitative estimate of drug-likeness (QED) is 0.802. The third-order valence-electron chi connectivity index (χ3n) is 3.89. The van der Waals surface area contributed by atoms with Gasteiger partial charge in [-0.05, 0) is 30.9 Å². The summed E-state index contributed by atoms with van der Waals surface area (Å²) in [5.41, 5.74) is -0.235. The summed E-state index contributed by atoms with van der Waals surface area (Å²) >= 11 is 5.72. The van der Waals surface area contributed by atoms with Crippen molar-refractivity contribution >= 4 is 23.5 Å². The molecule has 2 N–H and O–H groups in total. The van der Waals surface area contributed by atoms with E-state index in [1.165, 1.54) is 0 Å². The largest absolute Gasteiger partial charge is 0.481 e. The Morgan fingerprint density at radius 3 is 2.52 bits per heavy atom. The van der Waals surface area contributed by atoms with Crippen LogP contribution in [0.3, 0.4) is 0 Å². The molecule has 2 rings (SSSR count). The first-order valence-electron chi connectivity index (χ1n) is 7.13. The van der Waals surface area contributed by atoms with Crippen molar-refractivity contribution in [1.82, 2.24) is 5.32 Å². The monoisotopic (exact) mass is 347 g/mol.